The van der Waals surface area contributed by atoms with Crippen LogP contribution in [0.25, 0.3) is 0 Å². The number of carboxylic acid groups (broad SMARTS) is 1. The van der Waals surface area contributed by atoms with Crippen LogP contribution in [0.2, 0.25) is 0 Å². The van der Waals surface area contributed by atoms with Gasteiger partial charge in [0.2, 0.25) is 15.9 Å². The first-order valence-electron chi connectivity index (χ1n) is 7.21. The molecule has 1 saturated heterocycles. The molecular formula is C13H22N2O5S. The average molecular weight is 318 g/mol. The second kappa shape index (κ2) is 5.92. The maximum absolute atomic E-state index is 12.8. The van der Waals surface area contributed by atoms with Gasteiger partial charge in [0.05, 0.1) is 11.2 Å². The van der Waals surface area contributed by atoms with E-state index in [9.17, 15) is 23.1 Å². The number of sulfonamides is 1. The van der Waals surface area contributed by atoms with Crippen LogP contribution in [-0.2, 0) is 19.6 Å². The fraction of sp³-hybridized carbons (Fsp3) is 0.846. The molecule has 1 aliphatic heterocycles. The van der Waals surface area contributed by atoms with Gasteiger partial charge in [0, 0.05) is 20.6 Å². The summed E-state index contributed by atoms with van der Waals surface area (Å²) in [7, 11) is -0.559. The van der Waals surface area contributed by atoms with Crippen LogP contribution in [0.5, 0.6) is 0 Å². The third kappa shape index (κ3) is 2.91. The molecule has 3 unspecified atom stereocenters. The van der Waals surface area contributed by atoms with Crippen molar-refractivity contribution in [3.63, 3.8) is 0 Å². The first-order valence-corrected chi connectivity index (χ1v) is 8.71. The molecule has 120 valence electrons. The third-order valence-corrected chi connectivity index (χ3v) is 6.83. The van der Waals surface area contributed by atoms with Crippen molar-refractivity contribution in [2.75, 3.05) is 20.6 Å². The molecule has 2 aliphatic rings. The highest BCUT2D eigenvalue weighted by Crippen LogP contribution is 2.36. The van der Waals surface area contributed by atoms with E-state index < -0.39 is 33.2 Å². The van der Waals surface area contributed by atoms with Gasteiger partial charge in [0.15, 0.2) is 0 Å². The Morgan fingerprint density at radius 2 is 1.81 bits per heavy atom. The molecule has 1 amide bonds. The second-order valence-electron chi connectivity index (χ2n) is 5.96. The Kier molecular flexibility index (Phi) is 4.57. The number of likely N-dealkylation sites (N-methyl/N-ethyl adjacent to an activating group) is 1. The number of hydrogen-bond donors (Lipinski definition) is 1. The first kappa shape index (κ1) is 16.2. The largest absolute Gasteiger partial charge is 0.481 e. The summed E-state index contributed by atoms with van der Waals surface area (Å²) < 4.78 is 26.8. The van der Waals surface area contributed by atoms with Crippen LogP contribution in [-0.4, -0.2) is 66.5 Å². The Morgan fingerprint density at radius 3 is 2.38 bits per heavy atom. The molecule has 1 aliphatic carbocycles. The minimum absolute atomic E-state index is 0.235. The molecular weight excluding hydrogens is 296 g/mol. The van der Waals surface area contributed by atoms with Gasteiger partial charge in [-0.15, -0.1) is 0 Å². The first-order chi connectivity index (χ1) is 9.76. The van der Waals surface area contributed by atoms with Crippen molar-refractivity contribution in [1.82, 2.24) is 9.21 Å². The van der Waals surface area contributed by atoms with Gasteiger partial charge in [0.1, 0.15) is 6.04 Å². The van der Waals surface area contributed by atoms with E-state index >= 15 is 0 Å². The van der Waals surface area contributed by atoms with Crippen molar-refractivity contribution >= 4 is 21.9 Å². The van der Waals surface area contributed by atoms with Crippen LogP contribution in [0.15, 0.2) is 0 Å². The maximum Gasteiger partial charge on any atom is 0.307 e. The van der Waals surface area contributed by atoms with Crippen LogP contribution < -0.4 is 0 Å². The summed E-state index contributed by atoms with van der Waals surface area (Å²) in [6.07, 6.45) is 2.48. The summed E-state index contributed by atoms with van der Waals surface area (Å²) in [5, 5.41) is 8.30. The number of aliphatic carboxylic acids is 1. The highest BCUT2D eigenvalue weighted by Gasteiger charge is 2.48. The summed E-state index contributed by atoms with van der Waals surface area (Å²) in [6.45, 7) is 0.301. The van der Waals surface area contributed by atoms with Crippen LogP contribution in [0.3, 0.4) is 0 Å². The summed E-state index contributed by atoms with van der Waals surface area (Å²) in [6, 6.07) is -0.681. The van der Waals surface area contributed by atoms with Gasteiger partial charge in [-0.3, -0.25) is 9.59 Å². The molecule has 8 heteroatoms. The number of carbonyl (C=O) groups is 2. The van der Waals surface area contributed by atoms with Gasteiger partial charge in [0.25, 0.3) is 0 Å². The fourth-order valence-electron chi connectivity index (χ4n) is 3.33. The lowest BCUT2D eigenvalue weighted by Gasteiger charge is -2.29. The van der Waals surface area contributed by atoms with Crippen LogP contribution in [0.4, 0.5) is 0 Å². The Morgan fingerprint density at radius 1 is 1.14 bits per heavy atom. The molecule has 2 fully saturated rings. The molecule has 0 bridgehead atoms. The maximum atomic E-state index is 12.8. The van der Waals surface area contributed by atoms with Crippen molar-refractivity contribution in [3.8, 4) is 0 Å². The molecule has 3 atom stereocenters. The van der Waals surface area contributed by atoms with E-state index in [1.807, 2.05) is 0 Å². The number of carboxylic acids is 1. The fourth-order valence-corrected chi connectivity index (χ4v) is 5.74. The van der Waals surface area contributed by atoms with E-state index in [1.54, 1.807) is 14.1 Å². The lowest BCUT2D eigenvalue weighted by Crippen LogP contribution is -2.49. The zero-order valence-corrected chi connectivity index (χ0v) is 13.2. The number of hydrogen-bond acceptors (Lipinski definition) is 4. The van der Waals surface area contributed by atoms with Crippen molar-refractivity contribution in [1.29, 1.82) is 0 Å². The van der Waals surface area contributed by atoms with E-state index in [4.69, 9.17) is 0 Å². The van der Waals surface area contributed by atoms with Gasteiger partial charge in [-0.1, -0.05) is 6.42 Å². The zero-order chi connectivity index (χ0) is 15.8. The molecule has 2 rings (SSSR count). The Balaban J connectivity index is 2.26. The lowest BCUT2D eigenvalue weighted by molar-refractivity contribution is -0.141. The van der Waals surface area contributed by atoms with Crippen LogP contribution in [0, 0.1) is 5.92 Å². The van der Waals surface area contributed by atoms with Gasteiger partial charge in [-0.2, -0.15) is 4.31 Å². The van der Waals surface area contributed by atoms with E-state index in [2.05, 4.69) is 0 Å². The highest BCUT2D eigenvalue weighted by molar-refractivity contribution is 7.89. The molecule has 1 heterocycles. The monoisotopic (exact) mass is 318 g/mol. The topological polar surface area (TPSA) is 95.0 Å². The van der Waals surface area contributed by atoms with Crippen molar-refractivity contribution in [2.24, 2.45) is 5.92 Å². The van der Waals surface area contributed by atoms with Gasteiger partial charge in [-0.25, -0.2) is 8.42 Å². The standard InChI is InChI=1S/C13H22N2O5S/c1-14(2)12(16)10-6-4-8-15(10)21(19,20)11-7-3-5-9(11)13(17)18/h9-11H,3-8H2,1-2H3,(H,17,18). The summed E-state index contributed by atoms with van der Waals surface area (Å²) in [4.78, 5) is 24.8. The Hall–Kier alpha value is -1.15. The smallest absolute Gasteiger partial charge is 0.307 e. The summed E-state index contributed by atoms with van der Waals surface area (Å²) in [5.41, 5.74) is 0. The number of rotatable bonds is 4. The predicted molar refractivity (Wildman–Crippen MR) is 76.1 cm³/mol. The van der Waals surface area contributed by atoms with E-state index in [-0.39, 0.29) is 5.91 Å². The SMILES string of the molecule is CN(C)C(=O)C1CCCN1S(=O)(=O)C1CCCC1C(=O)O. The molecule has 0 aromatic rings. The zero-order valence-electron chi connectivity index (χ0n) is 12.4. The van der Waals surface area contributed by atoms with Gasteiger partial charge in [-0.05, 0) is 25.7 Å². The van der Waals surface area contributed by atoms with Crippen molar-refractivity contribution in [2.45, 2.75) is 43.4 Å². The van der Waals surface area contributed by atoms with Gasteiger partial charge < -0.3 is 10.0 Å². The number of amides is 1. The number of nitrogens with zero attached hydrogens (tertiary/aromatic N) is 2. The molecule has 1 N–H and O–H groups in total. The lowest BCUT2D eigenvalue weighted by atomic mass is 10.1. The van der Waals surface area contributed by atoms with E-state index in [1.165, 1.54) is 9.21 Å². The minimum Gasteiger partial charge on any atom is -0.481 e. The van der Waals surface area contributed by atoms with E-state index in [0.717, 1.165) is 0 Å². The Labute approximate surface area is 125 Å². The normalized spacial score (nSPS) is 30.5. The number of carbonyl (C=O) groups excluding carboxylic acids is 1. The second-order valence-corrected chi connectivity index (χ2v) is 8.06. The average Bonchev–Trinajstić information content (AvgIpc) is 3.06. The predicted octanol–water partition coefficient (Wildman–Crippen LogP) is 0.122. The quantitative estimate of drug-likeness (QED) is 0.794. The van der Waals surface area contributed by atoms with Crippen LogP contribution in [0.1, 0.15) is 32.1 Å². The van der Waals surface area contributed by atoms with Crippen LogP contribution >= 0.6 is 0 Å². The van der Waals surface area contributed by atoms with Crippen molar-refractivity contribution in [3.05, 3.63) is 0 Å². The summed E-state index contributed by atoms with van der Waals surface area (Å²) >= 11 is 0. The third-order valence-electron chi connectivity index (χ3n) is 4.41. The molecule has 21 heavy (non-hydrogen) atoms. The van der Waals surface area contributed by atoms with Gasteiger partial charge >= 0.3 is 5.97 Å². The molecule has 0 aromatic heterocycles. The molecule has 1 saturated carbocycles. The Bertz CT molecular complexity index is 531. The molecule has 0 aromatic carbocycles. The van der Waals surface area contributed by atoms with Crippen molar-refractivity contribution < 1.29 is 23.1 Å². The molecule has 0 radical (unpaired) electrons. The molecule has 7 nitrogen and oxygen atoms in total. The molecule has 0 spiro atoms. The van der Waals surface area contributed by atoms with E-state index in [0.29, 0.717) is 38.6 Å². The minimum atomic E-state index is -3.76. The summed E-state index contributed by atoms with van der Waals surface area (Å²) in [5.74, 6) is -2.15. The highest BCUT2D eigenvalue weighted by atomic mass is 32.2.